The lowest BCUT2D eigenvalue weighted by atomic mass is 10.1. The molecule has 0 aliphatic carbocycles. The largest absolute Gasteiger partial charge is 0.370 e. The highest BCUT2D eigenvalue weighted by Crippen LogP contribution is 2.23. The molecule has 0 amide bonds. The average molecular weight is 279 g/mol. The number of hydrogen-bond acceptors (Lipinski definition) is 2. The predicted octanol–water partition coefficient (Wildman–Crippen LogP) is 3.57. The Morgan fingerprint density at radius 1 is 1.21 bits per heavy atom. The van der Waals surface area contributed by atoms with Crippen molar-refractivity contribution in [3.8, 4) is 0 Å². The first-order valence-electron chi connectivity index (χ1n) is 6.05. The second-order valence-electron chi connectivity index (χ2n) is 4.43. The quantitative estimate of drug-likeness (QED) is 0.926. The summed E-state index contributed by atoms with van der Waals surface area (Å²) in [7, 11) is 1.91. The molecule has 0 aromatic heterocycles. The van der Waals surface area contributed by atoms with Crippen LogP contribution in [0.5, 0.6) is 0 Å². The Bertz CT molecular complexity index is 572. The highest BCUT2D eigenvalue weighted by atomic mass is 35.5. The average Bonchev–Trinajstić information content (AvgIpc) is 2.38. The van der Waals surface area contributed by atoms with Crippen LogP contribution in [0.4, 0.5) is 10.1 Å². The van der Waals surface area contributed by atoms with E-state index in [1.165, 1.54) is 6.07 Å². The summed E-state index contributed by atoms with van der Waals surface area (Å²) >= 11 is 5.96. The molecule has 0 radical (unpaired) electrons. The summed E-state index contributed by atoms with van der Waals surface area (Å²) in [4.78, 5) is 1.97. The molecule has 0 aliphatic heterocycles. The SMILES string of the molecule is CN(Cc1cccc(Cl)c1)c1cccc(F)c1CN. The van der Waals surface area contributed by atoms with E-state index in [-0.39, 0.29) is 12.4 Å². The fourth-order valence-electron chi connectivity index (χ4n) is 2.10. The second kappa shape index (κ2) is 6.04. The van der Waals surface area contributed by atoms with Gasteiger partial charge in [-0.05, 0) is 29.8 Å². The number of benzene rings is 2. The van der Waals surface area contributed by atoms with Crippen LogP contribution in [0.3, 0.4) is 0 Å². The Kier molecular flexibility index (Phi) is 4.40. The lowest BCUT2D eigenvalue weighted by molar-refractivity contribution is 0.609. The van der Waals surface area contributed by atoms with E-state index in [0.717, 1.165) is 11.3 Å². The van der Waals surface area contributed by atoms with Crippen LogP contribution in [0, 0.1) is 5.82 Å². The summed E-state index contributed by atoms with van der Waals surface area (Å²) in [5.74, 6) is -0.266. The van der Waals surface area contributed by atoms with Gasteiger partial charge in [0.1, 0.15) is 5.82 Å². The number of halogens is 2. The minimum absolute atomic E-state index is 0.182. The van der Waals surface area contributed by atoms with Gasteiger partial charge in [-0.25, -0.2) is 4.39 Å². The van der Waals surface area contributed by atoms with Gasteiger partial charge in [0.15, 0.2) is 0 Å². The third-order valence-corrected chi connectivity index (χ3v) is 3.25. The Morgan fingerprint density at radius 3 is 2.63 bits per heavy atom. The van der Waals surface area contributed by atoms with Crippen molar-refractivity contribution in [3.05, 3.63) is 64.4 Å². The molecule has 0 spiro atoms. The standard InChI is InChI=1S/C15H16ClFN2/c1-19(10-11-4-2-5-12(16)8-11)15-7-3-6-14(17)13(15)9-18/h2-8H,9-10,18H2,1H3. The summed E-state index contributed by atoms with van der Waals surface area (Å²) in [6, 6.07) is 12.6. The third-order valence-electron chi connectivity index (χ3n) is 3.02. The lowest BCUT2D eigenvalue weighted by Crippen LogP contribution is -2.19. The molecule has 0 atom stereocenters. The first-order chi connectivity index (χ1) is 9.11. The molecule has 2 aromatic carbocycles. The smallest absolute Gasteiger partial charge is 0.129 e. The molecule has 0 bridgehead atoms. The summed E-state index contributed by atoms with van der Waals surface area (Å²) < 4.78 is 13.7. The van der Waals surface area contributed by atoms with Gasteiger partial charge in [0, 0.05) is 36.4 Å². The number of anilines is 1. The van der Waals surface area contributed by atoms with E-state index in [2.05, 4.69) is 0 Å². The molecule has 4 heteroatoms. The summed E-state index contributed by atoms with van der Waals surface area (Å²) in [5, 5.41) is 0.698. The summed E-state index contributed by atoms with van der Waals surface area (Å²) in [6.07, 6.45) is 0. The molecule has 0 fully saturated rings. The van der Waals surface area contributed by atoms with Crippen LogP contribution >= 0.6 is 11.6 Å². The molecule has 19 heavy (non-hydrogen) atoms. The van der Waals surface area contributed by atoms with E-state index in [0.29, 0.717) is 17.1 Å². The maximum atomic E-state index is 13.7. The highest BCUT2D eigenvalue weighted by molar-refractivity contribution is 6.30. The summed E-state index contributed by atoms with van der Waals surface area (Å²) in [6.45, 7) is 0.832. The molecule has 100 valence electrons. The fourth-order valence-corrected chi connectivity index (χ4v) is 2.31. The Labute approximate surface area is 117 Å². The van der Waals surface area contributed by atoms with Gasteiger partial charge in [0.05, 0.1) is 0 Å². The minimum Gasteiger partial charge on any atom is -0.370 e. The van der Waals surface area contributed by atoms with Gasteiger partial charge in [-0.15, -0.1) is 0 Å². The highest BCUT2D eigenvalue weighted by Gasteiger charge is 2.11. The van der Waals surface area contributed by atoms with Crippen LogP contribution in [0.1, 0.15) is 11.1 Å². The normalized spacial score (nSPS) is 10.5. The van der Waals surface area contributed by atoms with Crippen molar-refractivity contribution >= 4 is 17.3 Å². The molecule has 0 saturated carbocycles. The Hall–Kier alpha value is -1.58. The first-order valence-corrected chi connectivity index (χ1v) is 6.42. The van der Waals surface area contributed by atoms with E-state index in [4.69, 9.17) is 17.3 Å². The fraction of sp³-hybridized carbons (Fsp3) is 0.200. The van der Waals surface area contributed by atoms with Crippen LogP contribution in [-0.2, 0) is 13.1 Å². The number of hydrogen-bond donors (Lipinski definition) is 1. The second-order valence-corrected chi connectivity index (χ2v) is 4.86. The zero-order valence-electron chi connectivity index (χ0n) is 10.7. The lowest BCUT2D eigenvalue weighted by Gasteiger charge is -2.22. The van der Waals surface area contributed by atoms with E-state index >= 15 is 0 Å². The van der Waals surface area contributed by atoms with Gasteiger partial charge in [0.2, 0.25) is 0 Å². The molecule has 0 aliphatic rings. The zero-order chi connectivity index (χ0) is 13.8. The van der Waals surface area contributed by atoms with E-state index in [1.54, 1.807) is 6.07 Å². The maximum Gasteiger partial charge on any atom is 0.129 e. The molecule has 0 heterocycles. The predicted molar refractivity (Wildman–Crippen MR) is 77.9 cm³/mol. The van der Waals surface area contributed by atoms with Crippen LogP contribution in [0.2, 0.25) is 5.02 Å². The Morgan fingerprint density at radius 2 is 1.95 bits per heavy atom. The monoisotopic (exact) mass is 278 g/mol. The van der Waals surface area contributed by atoms with E-state index < -0.39 is 0 Å². The number of nitrogens with zero attached hydrogens (tertiary/aromatic N) is 1. The van der Waals surface area contributed by atoms with Gasteiger partial charge in [-0.1, -0.05) is 29.8 Å². The van der Waals surface area contributed by atoms with Crippen molar-refractivity contribution in [1.29, 1.82) is 0 Å². The molecule has 2 N–H and O–H groups in total. The number of rotatable bonds is 4. The third kappa shape index (κ3) is 3.25. The van der Waals surface area contributed by atoms with Crippen LogP contribution in [0.15, 0.2) is 42.5 Å². The van der Waals surface area contributed by atoms with Crippen LogP contribution in [-0.4, -0.2) is 7.05 Å². The first kappa shape index (κ1) is 13.8. The van der Waals surface area contributed by atoms with Crippen LogP contribution in [0.25, 0.3) is 0 Å². The molecule has 0 saturated heterocycles. The van der Waals surface area contributed by atoms with Crippen LogP contribution < -0.4 is 10.6 Å². The van der Waals surface area contributed by atoms with Gasteiger partial charge in [-0.3, -0.25) is 0 Å². The van der Waals surface area contributed by atoms with Crippen molar-refractivity contribution in [2.75, 3.05) is 11.9 Å². The zero-order valence-corrected chi connectivity index (χ0v) is 11.5. The summed E-state index contributed by atoms with van der Waals surface area (Å²) in [5.41, 5.74) is 8.03. The van der Waals surface area contributed by atoms with Gasteiger partial charge < -0.3 is 10.6 Å². The molecule has 2 nitrogen and oxygen atoms in total. The topological polar surface area (TPSA) is 29.3 Å². The molecule has 2 aromatic rings. The van der Waals surface area contributed by atoms with Gasteiger partial charge in [0.25, 0.3) is 0 Å². The van der Waals surface area contributed by atoms with Crippen molar-refractivity contribution < 1.29 is 4.39 Å². The maximum absolute atomic E-state index is 13.7. The minimum atomic E-state index is -0.266. The van der Waals surface area contributed by atoms with Crippen molar-refractivity contribution in [2.24, 2.45) is 5.73 Å². The van der Waals surface area contributed by atoms with E-state index in [9.17, 15) is 4.39 Å². The Balaban J connectivity index is 2.25. The molecule has 2 rings (SSSR count). The van der Waals surface area contributed by atoms with Gasteiger partial charge >= 0.3 is 0 Å². The van der Waals surface area contributed by atoms with Crippen molar-refractivity contribution in [2.45, 2.75) is 13.1 Å². The van der Waals surface area contributed by atoms with Gasteiger partial charge in [-0.2, -0.15) is 0 Å². The molecular formula is C15H16ClFN2. The number of nitrogens with two attached hydrogens (primary N) is 1. The van der Waals surface area contributed by atoms with Crippen molar-refractivity contribution in [3.63, 3.8) is 0 Å². The molecule has 0 unspecified atom stereocenters. The van der Waals surface area contributed by atoms with E-state index in [1.807, 2.05) is 42.3 Å². The molecular weight excluding hydrogens is 263 g/mol. The van der Waals surface area contributed by atoms with Crippen molar-refractivity contribution in [1.82, 2.24) is 0 Å².